The number of nitrogens with zero attached hydrogens (tertiary/aromatic N) is 2. The highest BCUT2D eigenvalue weighted by atomic mass is 16.2. The molecule has 1 N–H and O–H groups in total. The zero-order valence-electron chi connectivity index (χ0n) is 14.5. The van der Waals surface area contributed by atoms with Crippen molar-refractivity contribution in [2.45, 2.75) is 26.3 Å². The maximum Gasteiger partial charge on any atom is 0.251 e. The molecule has 24 heavy (non-hydrogen) atoms. The standard InChI is InChI=1S/C18H25N3O3/c1-13(22)21-10-4-5-16(12-21)18(24)20(3)11-14-6-8-15(9-7-14)17(23)19-2/h6-9,16H,4-5,10-12H2,1-3H3,(H,19,23)/t16-/m0/s1. The summed E-state index contributed by atoms with van der Waals surface area (Å²) in [6.07, 6.45) is 1.69. The molecule has 0 spiro atoms. The summed E-state index contributed by atoms with van der Waals surface area (Å²) in [4.78, 5) is 39.1. The number of rotatable bonds is 4. The van der Waals surface area contributed by atoms with Crippen LogP contribution >= 0.6 is 0 Å². The van der Waals surface area contributed by atoms with Gasteiger partial charge in [0.05, 0.1) is 5.92 Å². The number of amides is 3. The first-order valence-corrected chi connectivity index (χ1v) is 8.24. The molecule has 0 unspecified atom stereocenters. The van der Waals surface area contributed by atoms with Crippen LogP contribution in [0.1, 0.15) is 35.7 Å². The molecular formula is C18H25N3O3. The van der Waals surface area contributed by atoms with Gasteiger partial charge in [0, 0.05) is 46.2 Å². The Morgan fingerprint density at radius 1 is 1.25 bits per heavy atom. The first-order chi connectivity index (χ1) is 11.4. The molecule has 0 saturated carbocycles. The maximum absolute atomic E-state index is 12.6. The van der Waals surface area contributed by atoms with Crippen LogP contribution in [0.5, 0.6) is 0 Å². The molecule has 3 amide bonds. The second-order valence-corrected chi connectivity index (χ2v) is 6.27. The summed E-state index contributed by atoms with van der Waals surface area (Å²) < 4.78 is 0. The van der Waals surface area contributed by atoms with E-state index in [1.807, 2.05) is 12.1 Å². The van der Waals surface area contributed by atoms with E-state index in [1.165, 1.54) is 0 Å². The SMILES string of the molecule is CNC(=O)c1ccc(CN(C)C(=O)[C@H]2CCCN(C(C)=O)C2)cc1. The molecule has 6 nitrogen and oxygen atoms in total. The Morgan fingerprint density at radius 3 is 2.50 bits per heavy atom. The minimum atomic E-state index is -0.127. The normalized spacial score (nSPS) is 17.3. The van der Waals surface area contributed by atoms with E-state index >= 15 is 0 Å². The van der Waals surface area contributed by atoms with Crippen molar-refractivity contribution in [1.82, 2.24) is 15.1 Å². The molecule has 2 rings (SSSR count). The van der Waals surface area contributed by atoms with Crippen molar-refractivity contribution in [1.29, 1.82) is 0 Å². The van der Waals surface area contributed by atoms with Crippen LogP contribution < -0.4 is 5.32 Å². The van der Waals surface area contributed by atoms with Crippen LogP contribution in [0.4, 0.5) is 0 Å². The molecule has 1 aliphatic rings. The molecule has 1 fully saturated rings. The quantitative estimate of drug-likeness (QED) is 0.903. The van der Waals surface area contributed by atoms with Gasteiger partial charge in [-0.1, -0.05) is 12.1 Å². The van der Waals surface area contributed by atoms with Crippen molar-refractivity contribution in [3.05, 3.63) is 35.4 Å². The van der Waals surface area contributed by atoms with Gasteiger partial charge in [-0.2, -0.15) is 0 Å². The molecule has 0 aromatic heterocycles. The van der Waals surface area contributed by atoms with E-state index in [-0.39, 0.29) is 23.6 Å². The Kier molecular flexibility index (Phi) is 5.95. The van der Waals surface area contributed by atoms with Gasteiger partial charge in [-0.05, 0) is 30.5 Å². The minimum Gasteiger partial charge on any atom is -0.355 e. The molecule has 0 radical (unpaired) electrons. The summed E-state index contributed by atoms with van der Waals surface area (Å²) in [5, 5.41) is 2.58. The number of benzene rings is 1. The first kappa shape index (κ1) is 18.0. The second-order valence-electron chi connectivity index (χ2n) is 6.27. The van der Waals surface area contributed by atoms with E-state index in [4.69, 9.17) is 0 Å². The highest BCUT2D eigenvalue weighted by Crippen LogP contribution is 2.19. The number of likely N-dealkylation sites (tertiary alicyclic amines) is 1. The van der Waals surface area contributed by atoms with Gasteiger partial charge in [0.2, 0.25) is 11.8 Å². The molecule has 1 heterocycles. The van der Waals surface area contributed by atoms with E-state index in [1.54, 1.807) is 43.0 Å². The van der Waals surface area contributed by atoms with Crippen molar-refractivity contribution in [2.75, 3.05) is 27.2 Å². The van der Waals surface area contributed by atoms with Gasteiger partial charge in [0.1, 0.15) is 0 Å². The predicted molar refractivity (Wildman–Crippen MR) is 91.3 cm³/mol. The lowest BCUT2D eigenvalue weighted by atomic mass is 9.96. The van der Waals surface area contributed by atoms with E-state index in [9.17, 15) is 14.4 Å². The van der Waals surface area contributed by atoms with Gasteiger partial charge >= 0.3 is 0 Å². The third-order valence-corrected chi connectivity index (χ3v) is 4.46. The van der Waals surface area contributed by atoms with Crippen LogP contribution in [0.3, 0.4) is 0 Å². The fraction of sp³-hybridized carbons (Fsp3) is 0.500. The Morgan fingerprint density at radius 2 is 1.92 bits per heavy atom. The number of hydrogen-bond donors (Lipinski definition) is 1. The third-order valence-electron chi connectivity index (χ3n) is 4.46. The number of nitrogens with one attached hydrogen (secondary N) is 1. The van der Waals surface area contributed by atoms with Gasteiger partial charge in [-0.3, -0.25) is 14.4 Å². The van der Waals surface area contributed by atoms with Crippen LogP contribution in [-0.2, 0) is 16.1 Å². The molecule has 130 valence electrons. The number of hydrogen-bond acceptors (Lipinski definition) is 3. The summed E-state index contributed by atoms with van der Waals surface area (Å²) in [6, 6.07) is 7.23. The topological polar surface area (TPSA) is 69.7 Å². The number of piperidine rings is 1. The van der Waals surface area contributed by atoms with Crippen LogP contribution in [0.2, 0.25) is 0 Å². The van der Waals surface area contributed by atoms with Crippen molar-refractivity contribution in [3.8, 4) is 0 Å². The Balaban J connectivity index is 1.96. The maximum atomic E-state index is 12.6. The van der Waals surface area contributed by atoms with Gasteiger partial charge < -0.3 is 15.1 Å². The Labute approximate surface area is 142 Å². The van der Waals surface area contributed by atoms with Crippen molar-refractivity contribution >= 4 is 17.7 Å². The zero-order chi connectivity index (χ0) is 17.7. The number of carbonyl (C=O) groups is 3. The molecule has 1 aliphatic heterocycles. The number of carbonyl (C=O) groups excluding carboxylic acids is 3. The minimum absolute atomic E-state index is 0.0277. The monoisotopic (exact) mass is 331 g/mol. The highest BCUT2D eigenvalue weighted by Gasteiger charge is 2.28. The van der Waals surface area contributed by atoms with E-state index in [0.29, 0.717) is 18.7 Å². The smallest absolute Gasteiger partial charge is 0.251 e. The molecule has 1 atom stereocenters. The lowest BCUT2D eigenvalue weighted by molar-refractivity contribution is -0.139. The van der Waals surface area contributed by atoms with Gasteiger partial charge in [0.25, 0.3) is 5.91 Å². The fourth-order valence-electron chi connectivity index (χ4n) is 3.03. The highest BCUT2D eigenvalue weighted by molar-refractivity contribution is 5.93. The van der Waals surface area contributed by atoms with Crippen LogP contribution in [-0.4, -0.2) is 54.7 Å². The lowest BCUT2D eigenvalue weighted by Gasteiger charge is -2.33. The average molecular weight is 331 g/mol. The largest absolute Gasteiger partial charge is 0.355 e. The van der Waals surface area contributed by atoms with E-state index in [2.05, 4.69) is 5.32 Å². The summed E-state index contributed by atoms with van der Waals surface area (Å²) in [5.41, 5.74) is 1.57. The zero-order valence-corrected chi connectivity index (χ0v) is 14.5. The van der Waals surface area contributed by atoms with Gasteiger partial charge in [-0.25, -0.2) is 0 Å². The van der Waals surface area contributed by atoms with Crippen LogP contribution in [0.15, 0.2) is 24.3 Å². The summed E-state index contributed by atoms with van der Waals surface area (Å²) in [7, 11) is 3.37. The van der Waals surface area contributed by atoms with E-state index < -0.39 is 0 Å². The molecular weight excluding hydrogens is 306 g/mol. The van der Waals surface area contributed by atoms with Crippen LogP contribution in [0.25, 0.3) is 0 Å². The van der Waals surface area contributed by atoms with Crippen molar-refractivity contribution in [3.63, 3.8) is 0 Å². The molecule has 6 heteroatoms. The molecule has 0 aliphatic carbocycles. The van der Waals surface area contributed by atoms with E-state index in [0.717, 1.165) is 24.9 Å². The average Bonchev–Trinajstić information content (AvgIpc) is 2.61. The van der Waals surface area contributed by atoms with Gasteiger partial charge in [0.15, 0.2) is 0 Å². The first-order valence-electron chi connectivity index (χ1n) is 8.24. The fourth-order valence-corrected chi connectivity index (χ4v) is 3.03. The molecule has 0 bridgehead atoms. The summed E-state index contributed by atoms with van der Waals surface area (Å²) in [5.74, 6) is -0.161. The summed E-state index contributed by atoms with van der Waals surface area (Å²) >= 11 is 0. The second kappa shape index (κ2) is 7.95. The molecule has 1 aromatic rings. The predicted octanol–water partition coefficient (Wildman–Crippen LogP) is 1.26. The Bertz CT molecular complexity index is 612. The molecule has 1 saturated heterocycles. The van der Waals surface area contributed by atoms with Gasteiger partial charge in [-0.15, -0.1) is 0 Å². The molecule has 1 aromatic carbocycles. The van der Waals surface area contributed by atoms with Crippen molar-refractivity contribution in [2.24, 2.45) is 5.92 Å². The van der Waals surface area contributed by atoms with Crippen LogP contribution in [0, 0.1) is 5.92 Å². The summed E-state index contributed by atoms with van der Waals surface area (Å²) in [6.45, 7) is 3.28. The third kappa shape index (κ3) is 4.34. The Hall–Kier alpha value is -2.37. The van der Waals surface area contributed by atoms with Crippen molar-refractivity contribution < 1.29 is 14.4 Å². The lowest BCUT2D eigenvalue weighted by Crippen LogP contribution is -2.45.